The van der Waals surface area contributed by atoms with Crippen LogP contribution >= 0.6 is 0 Å². The fraction of sp³-hybridized carbons (Fsp3) is 0.105. The summed E-state index contributed by atoms with van der Waals surface area (Å²) in [7, 11) is 0. The summed E-state index contributed by atoms with van der Waals surface area (Å²) >= 11 is 0. The average Bonchev–Trinajstić information content (AvgIpc) is 2.96. The molecule has 1 atom stereocenters. The summed E-state index contributed by atoms with van der Waals surface area (Å²) in [5, 5.41) is 0.730. The quantitative estimate of drug-likeness (QED) is 0.542. The molecule has 0 saturated heterocycles. The lowest BCUT2D eigenvalue weighted by Crippen LogP contribution is -2.49. The number of nitrogens with zero attached hydrogens (tertiary/aromatic N) is 3. The lowest BCUT2D eigenvalue weighted by molar-refractivity contribution is -0.124. The highest BCUT2D eigenvalue weighted by molar-refractivity contribution is 6.22. The lowest BCUT2D eigenvalue weighted by Gasteiger charge is -2.22. The summed E-state index contributed by atoms with van der Waals surface area (Å²) in [5.41, 5.74) is 6.58. The van der Waals surface area contributed by atoms with E-state index in [1.165, 1.54) is 13.3 Å². The molecule has 0 saturated carbocycles. The maximum absolute atomic E-state index is 12.5. The largest absolute Gasteiger partial charge is 0.281 e. The first-order valence-electron chi connectivity index (χ1n) is 8.30. The van der Waals surface area contributed by atoms with Gasteiger partial charge in [-0.2, -0.15) is 0 Å². The van der Waals surface area contributed by atoms with Crippen LogP contribution < -0.4 is 10.9 Å². The maximum Gasteiger partial charge on any atom is 0.262 e. The number of fused-ring (bicyclic) bond motifs is 2. The third-order valence-corrected chi connectivity index (χ3v) is 4.44. The van der Waals surface area contributed by atoms with Crippen LogP contribution in [0.3, 0.4) is 0 Å². The van der Waals surface area contributed by atoms with Crippen molar-refractivity contribution < 1.29 is 14.4 Å². The molecule has 8 nitrogen and oxygen atoms in total. The zero-order valence-corrected chi connectivity index (χ0v) is 14.3. The van der Waals surface area contributed by atoms with Gasteiger partial charge in [-0.05, 0) is 31.2 Å². The van der Waals surface area contributed by atoms with Gasteiger partial charge in [-0.15, -0.1) is 0 Å². The van der Waals surface area contributed by atoms with Crippen LogP contribution in [0.25, 0.3) is 10.9 Å². The molecule has 2 N–H and O–H groups in total. The van der Waals surface area contributed by atoms with E-state index in [0.29, 0.717) is 16.9 Å². The van der Waals surface area contributed by atoms with Gasteiger partial charge in [-0.25, -0.2) is 9.97 Å². The predicted octanol–water partition coefficient (Wildman–Crippen LogP) is 1.76. The minimum Gasteiger partial charge on any atom is -0.281 e. The number of para-hydroxylation sites is 1. The molecule has 1 aromatic heterocycles. The van der Waals surface area contributed by atoms with Crippen molar-refractivity contribution >= 4 is 34.4 Å². The molecule has 0 fully saturated rings. The van der Waals surface area contributed by atoms with E-state index in [0.717, 1.165) is 15.8 Å². The Hall–Kier alpha value is -3.81. The summed E-state index contributed by atoms with van der Waals surface area (Å²) in [6, 6.07) is 12.8. The predicted molar refractivity (Wildman–Crippen MR) is 97.7 cm³/mol. The van der Waals surface area contributed by atoms with Crippen LogP contribution in [0.5, 0.6) is 0 Å². The summed E-state index contributed by atoms with van der Waals surface area (Å²) < 4.78 is 0. The van der Waals surface area contributed by atoms with Gasteiger partial charge in [0.05, 0.1) is 16.6 Å². The molecule has 134 valence electrons. The molecular weight excluding hydrogens is 346 g/mol. The van der Waals surface area contributed by atoms with Crippen LogP contribution in [0, 0.1) is 0 Å². The van der Waals surface area contributed by atoms with E-state index >= 15 is 0 Å². The fourth-order valence-electron chi connectivity index (χ4n) is 3.01. The zero-order valence-electron chi connectivity index (χ0n) is 14.3. The smallest absolute Gasteiger partial charge is 0.262 e. The Balaban J connectivity index is 1.51. The van der Waals surface area contributed by atoms with Gasteiger partial charge < -0.3 is 0 Å². The van der Waals surface area contributed by atoms with Gasteiger partial charge in [0.15, 0.2) is 5.82 Å². The normalized spacial score (nSPS) is 14.2. The molecule has 1 aliphatic heterocycles. The van der Waals surface area contributed by atoms with Gasteiger partial charge in [-0.3, -0.25) is 30.1 Å². The second-order valence-corrected chi connectivity index (χ2v) is 6.06. The van der Waals surface area contributed by atoms with Gasteiger partial charge >= 0.3 is 0 Å². The third kappa shape index (κ3) is 2.77. The number of imide groups is 1. The molecule has 2 heterocycles. The highest BCUT2D eigenvalue weighted by Gasteiger charge is 2.40. The first-order chi connectivity index (χ1) is 13.1. The Morgan fingerprint density at radius 3 is 2.30 bits per heavy atom. The summed E-state index contributed by atoms with van der Waals surface area (Å²) in [4.78, 5) is 46.7. The van der Waals surface area contributed by atoms with Crippen LogP contribution in [-0.2, 0) is 4.79 Å². The van der Waals surface area contributed by atoms with Gasteiger partial charge in [0.25, 0.3) is 17.7 Å². The Kier molecular flexibility index (Phi) is 4.00. The standard InChI is InChI=1S/C19H15N5O3/c1-11(24-18(26)12-6-2-3-7-13(12)19(24)27)17(25)23-22-16-14-8-4-5-9-15(14)20-10-21-16/h2-11H,1H3,(H,23,25)(H,20,21,22). The summed E-state index contributed by atoms with van der Waals surface area (Å²) in [6.07, 6.45) is 1.38. The van der Waals surface area contributed by atoms with E-state index in [-0.39, 0.29) is 0 Å². The minimum atomic E-state index is -0.988. The number of carbonyl (C=O) groups is 3. The molecule has 0 spiro atoms. The fourth-order valence-corrected chi connectivity index (χ4v) is 3.01. The van der Waals surface area contributed by atoms with Crippen molar-refractivity contribution in [2.24, 2.45) is 0 Å². The van der Waals surface area contributed by atoms with E-state index in [1.54, 1.807) is 24.3 Å². The van der Waals surface area contributed by atoms with Crippen molar-refractivity contribution in [3.63, 3.8) is 0 Å². The minimum absolute atomic E-state index is 0.303. The van der Waals surface area contributed by atoms with Gasteiger partial charge in [-0.1, -0.05) is 24.3 Å². The Bertz CT molecular complexity index is 1040. The number of nitrogens with one attached hydrogen (secondary N) is 2. The summed E-state index contributed by atoms with van der Waals surface area (Å²) in [6.45, 7) is 1.50. The monoisotopic (exact) mass is 361 g/mol. The topological polar surface area (TPSA) is 104 Å². The molecule has 3 aromatic rings. The second-order valence-electron chi connectivity index (χ2n) is 6.06. The number of hydrogen-bond acceptors (Lipinski definition) is 6. The number of hydrazine groups is 1. The molecule has 2 aromatic carbocycles. The van der Waals surface area contributed by atoms with E-state index in [9.17, 15) is 14.4 Å². The first-order valence-corrected chi connectivity index (χ1v) is 8.30. The Morgan fingerprint density at radius 2 is 1.59 bits per heavy atom. The molecule has 1 unspecified atom stereocenters. The van der Waals surface area contributed by atoms with Crippen molar-refractivity contribution in [2.45, 2.75) is 13.0 Å². The van der Waals surface area contributed by atoms with Crippen molar-refractivity contribution in [1.82, 2.24) is 20.3 Å². The molecule has 1 aliphatic rings. The van der Waals surface area contributed by atoms with Crippen LogP contribution in [-0.4, -0.2) is 38.6 Å². The second kappa shape index (κ2) is 6.49. The first kappa shape index (κ1) is 16.6. The SMILES string of the molecule is CC(C(=O)NNc1ncnc2ccccc12)N1C(=O)c2ccccc2C1=O. The van der Waals surface area contributed by atoms with Crippen molar-refractivity contribution in [2.75, 3.05) is 5.43 Å². The average molecular weight is 361 g/mol. The van der Waals surface area contributed by atoms with E-state index < -0.39 is 23.8 Å². The number of rotatable bonds is 4. The number of hydrogen-bond donors (Lipinski definition) is 2. The van der Waals surface area contributed by atoms with Gasteiger partial charge in [0.1, 0.15) is 12.4 Å². The molecule has 4 rings (SSSR count). The Labute approximate surface area is 154 Å². The van der Waals surface area contributed by atoms with Crippen LogP contribution in [0.2, 0.25) is 0 Å². The molecular formula is C19H15N5O3. The number of aromatic nitrogens is 2. The van der Waals surface area contributed by atoms with E-state index in [1.807, 2.05) is 24.3 Å². The van der Waals surface area contributed by atoms with E-state index in [2.05, 4.69) is 20.8 Å². The lowest BCUT2D eigenvalue weighted by atomic mass is 10.1. The molecule has 27 heavy (non-hydrogen) atoms. The maximum atomic E-state index is 12.5. The molecule has 0 bridgehead atoms. The summed E-state index contributed by atoms with van der Waals surface area (Å²) in [5.74, 6) is -1.08. The van der Waals surface area contributed by atoms with Crippen LogP contribution in [0.1, 0.15) is 27.6 Å². The van der Waals surface area contributed by atoms with E-state index in [4.69, 9.17) is 0 Å². The number of benzene rings is 2. The highest BCUT2D eigenvalue weighted by Crippen LogP contribution is 2.24. The van der Waals surface area contributed by atoms with Crippen molar-refractivity contribution in [3.8, 4) is 0 Å². The Morgan fingerprint density at radius 1 is 0.963 bits per heavy atom. The highest BCUT2D eigenvalue weighted by atomic mass is 16.2. The molecule has 8 heteroatoms. The van der Waals surface area contributed by atoms with Gasteiger partial charge in [0, 0.05) is 5.39 Å². The van der Waals surface area contributed by atoms with Crippen molar-refractivity contribution in [3.05, 3.63) is 66.0 Å². The molecule has 0 aliphatic carbocycles. The molecule has 3 amide bonds. The van der Waals surface area contributed by atoms with Crippen LogP contribution in [0.15, 0.2) is 54.9 Å². The van der Waals surface area contributed by atoms with Crippen molar-refractivity contribution in [1.29, 1.82) is 0 Å². The van der Waals surface area contributed by atoms with Crippen LogP contribution in [0.4, 0.5) is 5.82 Å². The number of amides is 3. The molecule has 0 radical (unpaired) electrons. The zero-order chi connectivity index (χ0) is 19.0. The number of carbonyl (C=O) groups excluding carboxylic acids is 3. The van der Waals surface area contributed by atoms with Gasteiger partial charge in [0.2, 0.25) is 0 Å². The number of anilines is 1. The third-order valence-electron chi connectivity index (χ3n) is 4.44.